The number of fused-ring (bicyclic) bond motifs is 1. The Hall–Kier alpha value is -2.13. The molecule has 4 heteroatoms. The molecule has 0 unspecified atom stereocenters. The quantitative estimate of drug-likeness (QED) is 0.764. The lowest BCUT2D eigenvalue weighted by Gasteiger charge is -2.06. The molecule has 0 bridgehead atoms. The van der Waals surface area contributed by atoms with Crippen molar-refractivity contribution in [2.24, 2.45) is 0 Å². The Morgan fingerprint density at radius 1 is 1.14 bits per heavy atom. The Bertz CT molecular complexity index is 780. The van der Waals surface area contributed by atoms with Gasteiger partial charge in [0.15, 0.2) is 11.5 Å². The van der Waals surface area contributed by atoms with E-state index in [1.807, 2.05) is 24.3 Å². The molecule has 0 fully saturated rings. The van der Waals surface area contributed by atoms with Gasteiger partial charge < -0.3 is 14.4 Å². The highest BCUT2D eigenvalue weighted by atomic mass is 35.5. The predicted octanol–water partition coefficient (Wildman–Crippen LogP) is 4.60. The van der Waals surface area contributed by atoms with Crippen molar-refractivity contribution in [2.75, 3.05) is 0 Å². The van der Waals surface area contributed by atoms with Crippen molar-refractivity contribution < 1.29 is 9.84 Å². The van der Waals surface area contributed by atoms with Crippen molar-refractivity contribution in [3.63, 3.8) is 0 Å². The smallest absolute Gasteiger partial charge is 0.161 e. The summed E-state index contributed by atoms with van der Waals surface area (Å²) in [7, 11) is 0. The molecule has 108 valence electrons. The molecule has 0 radical (unpaired) electrons. The lowest BCUT2D eigenvalue weighted by atomic mass is 10.2. The number of benzene rings is 2. The van der Waals surface area contributed by atoms with E-state index in [9.17, 15) is 5.11 Å². The highest BCUT2D eigenvalue weighted by molar-refractivity contribution is 6.35. The summed E-state index contributed by atoms with van der Waals surface area (Å²) in [5.74, 6) is 0.631. The van der Waals surface area contributed by atoms with Crippen LogP contribution < -0.4 is 4.74 Å². The monoisotopic (exact) mass is 301 g/mol. The van der Waals surface area contributed by atoms with E-state index in [2.05, 4.69) is 17.7 Å². The standard InChI is InChI=1S/C17H16ClNO2/c1-2-19-10-12(13-6-5-7-14(18)17(13)19)11-21-16-9-4-3-8-15(16)20/h3-10,20H,2,11H2,1H3. The zero-order valence-corrected chi connectivity index (χ0v) is 12.5. The van der Waals surface area contributed by atoms with Gasteiger partial charge in [-0.3, -0.25) is 0 Å². The number of rotatable bonds is 4. The average Bonchev–Trinajstić information content (AvgIpc) is 2.86. The van der Waals surface area contributed by atoms with E-state index in [0.29, 0.717) is 12.4 Å². The van der Waals surface area contributed by atoms with E-state index in [1.54, 1.807) is 18.2 Å². The third kappa shape index (κ3) is 2.57. The minimum Gasteiger partial charge on any atom is -0.504 e. The van der Waals surface area contributed by atoms with E-state index in [-0.39, 0.29) is 5.75 Å². The topological polar surface area (TPSA) is 34.4 Å². The molecule has 2 aromatic carbocycles. The van der Waals surface area contributed by atoms with E-state index in [1.165, 1.54) is 0 Å². The van der Waals surface area contributed by atoms with E-state index < -0.39 is 0 Å². The fourth-order valence-electron chi connectivity index (χ4n) is 2.49. The maximum atomic E-state index is 9.75. The number of hydrogen-bond acceptors (Lipinski definition) is 2. The first kappa shape index (κ1) is 13.8. The fraction of sp³-hybridized carbons (Fsp3) is 0.176. The Labute approximate surface area is 128 Å². The number of phenols is 1. The summed E-state index contributed by atoms with van der Waals surface area (Å²) in [5.41, 5.74) is 2.08. The van der Waals surface area contributed by atoms with Gasteiger partial charge >= 0.3 is 0 Å². The molecule has 0 aliphatic heterocycles. The number of nitrogens with zero attached hydrogens (tertiary/aromatic N) is 1. The third-order valence-corrected chi connectivity index (χ3v) is 3.83. The molecule has 3 aromatic rings. The summed E-state index contributed by atoms with van der Waals surface area (Å²) in [5, 5.41) is 11.6. The van der Waals surface area contributed by atoms with Crippen molar-refractivity contribution in [3.8, 4) is 11.5 Å². The molecule has 0 spiro atoms. The predicted molar refractivity (Wildman–Crippen MR) is 85.1 cm³/mol. The summed E-state index contributed by atoms with van der Waals surface area (Å²) in [4.78, 5) is 0. The van der Waals surface area contributed by atoms with Crippen LogP contribution in [0.25, 0.3) is 10.9 Å². The molecular formula is C17H16ClNO2. The lowest BCUT2D eigenvalue weighted by Crippen LogP contribution is -1.95. The van der Waals surface area contributed by atoms with Crippen LogP contribution in [0.1, 0.15) is 12.5 Å². The summed E-state index contributed by atoms with van der Waals surface area (Å²) < 4.78 is 7.83. The molecule has 0 amide bonds. The number of ether oxygens (including phenoxy) is 1. The van der Waals surface area contributed by atoms with Gasteiger partial charge in [-0.1, -0.05) is 35.9 Å². The molecule has 0 atom stereocenters. The minimum absolute atomic E-state index is 0.148. The first-order chi connectivity index (χ1) is 10.2. The van der Waals surface area contributed by atoms with Crippen LogP contribution in [0.4, 0.5) is 0 Å². The molecule has 1 heterocycles. The Kier molecular flexibility index (Phi) is 3.76. The van der Waals surface area contributed by atoms with Gasteiger partial charge in [0.25, 0.3) is 0 Å². The van der Waals surface area contributed by atoms with E-state index >= 15 is 0 Å². The summed E-state index contributed by atoms with van der Waals surface area (Å²) in [6.45, 7) is 3.31. The van der Waals surface area contributed by atoms with Gasteiger partial charge in [0.1, 0.15) is 6.61 Å². The molecule has 0 saturated heterocycles. The SMILES string of the molecule is CCn1cc(COc2ccccc2O)c2cccc(Cl)c21. The van der Waals surface area contributed by atoms with Gasteiger partial charge in [0.2, 0.25) is 0 Å². The maximum absolute atomic E-state index is 9.75. The Morgan fingerprint density at radius 3 is 2.71 bits per heavy atom. The first-order valence-corrected chi connectivity index (χ1v) is 7.25. The van der Waals surface area contributed by atoms with Gasteiger partial charge in [-0.25, -0.2) is 0 Å². The second kappa shape index (κ2) is 5.70. The molecule has 21 heavy (non-hydrogen) atoms. The number of aromatic hydroxyl groups is 1. The van der Waals surface area contributed by atoms with Crippen LogP contribution in [0, 0.1) is 0 Å². The van der Waals surface area contributed by atoms with Gasteiger partial charge in [-0.05, 0) is 25.1 Å². The van der Waals surface area contributed by atoms with Crippen LogP contribution in [0.2, 0.25) is 5.02 Å². The number of hydrogen-bond donors (Lipinski definition) is 1. The first-order valence-electron chi connectivity index (χ1n) is 6.87. The number of halogens is 1. The molecule has 1 aromatic heterocycles. The lowest BCUT2D eigenvalue weighted by molar-refractivity contribution is 0.290. The molecule has 0 saturated carbocycles. The van der Waals surface area contributed by atoms with Crippen LogP contribution in [0.3, 0.4) is 0 Å². The van der Waals surface area contributed by atoms with Crippen molar-refractivity contribution in [2.45, 2.75) is 20.1 Å². The van der Waals surface area contributed by atoms with Crippen molar-refractivity contribution in [1.82, 2.24) is 4.57 Å². The summed E-state index contributed by atoms with van der Waals surface area (Å²) in [6, 6.07) is 12.8. The summed E-state index contributed by atoms with van der Waals surface area (Å²) in [6.07, 6.45) is 2.05. The molecule has 0 aliphatic carbocycles. The molecule has 3 nitrogen and oxygen atoms in total. The van der Waals surface area contributed by atoms with Crippen LogP contribution in [-0.2, 0) is 13.2 Å². The van der Waals surface area contributed by atoms with Crippen LogP contribution in [0.15, 0.2) is 48.7 Å². The zero-order valence-electron chi connectivity index (χ0n) is 11.7. The number of phenolic OH excluding ortho intramolecular Hbond substituents is 1. The minimum atomic E-state index is 0.148. The van der Waals surface area contributed by atoms with Crippen LogP contribution >= 0.6 is 11.6 Å². The average molecular weight is 302 g/mol. The second-order valence-electron chi connectivity index (χ2n) is 4.83. The Balaban J connectivity index is 1.95. The zero-order chi connectivity index (χ0) is 14.8. The summed E-state index contributed by atoms with van der Waals surface area (Å²) >= 11 is 6.30. The molecular weight excluding hydrogens is 286 g/mol. The molecule has 1 N–H and O–H groups in total. The highest BCUT2D eigenvalue weighted by Crippen LogP contribution is 2.30. The van der Waals surface area contributed by atoms with E-state index in [0.717, 1.165) is 28.0 Å². The fourth-order valence-corrected chi connectivity index (χ4v) is 2.77. The number of para-hydroxylation sites is 3. The van der Waals surface area contributed by atoms with E-state index in [4.69, 9.17) is 16.3 Å². The maximum Gasteiger partial charge on any atom is 0.161 e. The van der Waals surface area contributed by atoms with Crippen LogP contribution in [0.5, 0.6) is 11.5 Å². The van der Waals surface area contributed by atoms with Crippen molar-refractivity contribution in [1.29, 1.82) is 0 Å². The van der Waals surface area contributed by atoms with Gasteiger partial charge in [-0.15, -0.1) is 0 Å². The third-order valence-electron chi connectivity index (χ3n) is 3.52. The largest absolute Gasteiger partial charge is 0.504 e. The number of aromatic nitrogens is 1. The number of aryl methyl sites for hydroxylation is 1. The van der Waals surface area contributed by atoms with Gasteiger partial charge in [0.05, 0.1) is 10.5 Å². The Morgan fingerprint density at radius 2 is 1.95 bits per heavy atom. The van der Waals surface area contributed by atoms with Crippen LogP contribution in [-0.4, -0.2) is 9.67 Å². The second-order valence-corrected chi connectivity index (χ2v) is 5.24. The normalized spacial score (nSPS) is 11.0. The van der Waals surface area contributed by atoms with Crippen molar-refractivity contribution >= 4 is 22.5 Å². The van der Waals surface area contributed by atoms with Crippen molar-refractivity contribution in [3.05, 3.63) is 59.2 Å². The highest BCUT2D eigenvalue weighted by Gasteiger charge is 2.11. The molecule has 0 aliphatic rings. The molecule has 3 rings (SSSR count). The van der Waals surface area contributed by atoms with Gasteiger partial charge in [0, 0.05) is 23.7 Å². The van der Waals surface area contributed by atoms with Gasteiger partial charge in [-0.2, -0.15) is 0 Å².